The van der Waals surface area contributed by atoms with Crippen molar-refractivity contribution in [2.45, 2.75) is 38.7 Å². The number of unbranched alkanes of at least 4 members (excludes halogenated alkanes) is 1. The summed E-state index contributed by atoms with van der Waals surface area (Å²) >= 11 is 0. The summed E-state index contributed by atoms with van der Waals surface area (Å²) in [7, 11) is 0. The fraction of sp³-hybridized carbons (Fsp3) is 0.500. The van der Waals surface area contributed by atoms with Crippen molar-refractivity contribution in [3.8, 4) is 0 Å². The third-order valence-corrected chi connectivity index (χ3v) is 2.70. The highest BCUT2D eigenvalue weighted by Crippen LogP contribution is 2.22. The second-order valence-corrected chi connectivity index (χ2v) is 4.29. The molecule has 0 aliphatic carbocycles. The minimum Gasteiger partial charge on any atom is -0.466 e. The van der Waals surface area contributed by atoms with Crippen molar-refractivity contribution in [2.75, 3.05) is 6.61 Å². The molecule has 0 amide bonds. The number of halogens is 2. The fourth-order valence-corrected chi connectivity index (χ4v) is 1.58. The molecule has 0 aliphatic rings. The molecule has 1 aromatic rings. The van der Waals surface area contributed by atoms with Crippen LogP contribution in [0.2, 0.25) is 0 Å². The number of hydrogen-bond donors (Lipinski definition) is 1. The fourth-order valence-electron chi connectivity index (χ4n) is 1.58. The Hall–Kier alpha value is -1.49. The Morgan fingerprint density at radius 3 is 2.84 bits per heavy atom. The zero-order valence-corrected chi connectivity index (χ0v) is 10.9. The maximum absolute atomic E-state index is 13.4. The number of esters is 1. The van der Waals surface area contributed by atoms with E-state index >= 15 is 0 Å². The first kappa shape index (κ1) is 15.6. The standard InChI is InChI=1S/C14H18F2O3/c1-2-3-8-19-14(18)7-6-13(17)11-9-10(15)4-5-12(11)16/h4-5,9,13,17H,2-3,6-8H2,1H3. The van der Waals surface area contributed by atoms with E-state index in [9.17, 15) is 18.7 Å². The Kier molecular flexibility index (Phi) is 6.42. The first-order valence-corrected chi connectivity index (χ1v) is 6.33. The van der Waals surface area contributed by atoms with Gasteiger partial charge in [0, 0.05) is 12.0 Å². The zero-order valence-electron chi connectivity index (χ0n) is 10.9. The summed E-state index contributed by atoms with van der Waals surface area (Å²) in [6.45, 7) is 2.32. The van der Waals surface area contributed by atoms with Crippen molar-refractivity contribution in [3.63, 3.8) is 0 Å². The molecule has 5 heteroatoms. The lowest BCUT2D eigenvalue weighted by molar-refractivity contribution is -0.144. The molecule has 1 rings (SSSR count). The second-order valence-electron chi connectivity index (χ2n) is 4.29. The van der Waals surface area contributed by atoms with Crippen molar-refractivity contribution in [1.82, 2.24) is 0 Å². The Bertz CT molecular complexity index is 421. The molecule has 106 valence electrons. The average molecular weight is 272 g/mol. The number of carbonyl (C=O) groups excluding carboxylic acids is 1. The van der Waals surface area contributed by atoms with Crippen LogP contribution in [0.5, 0.6) is 0 Å². The van der Waals surface area contributed by atoms with E-state index in [-0.39, 0.29) is 18.4 Å². The highest BCUT2D eigenvalue weighted by atomic mass is 19.1. The van der Waals surface area contributed by atoms with Gasteiger partial charge in [-0.15, -0.1) is 0 Å². The van der Waals surface area contributed by atoms with Crippen LogP contribution in [0.4, 0.5) is 8.78 Å². The van der Waals surface area contributed by atoms with Crippen LogP contribution in [0.25, 0.3) is 0 Å². The summed E-state index contributed by atoms with van der Waals surface area (Å²) in [6, 6.07) is 2.86. The third kappa shape index (κ3) is 5.34. The lowest BCUT2D eigenvalue weighted by atomic mass is 10.0. The Labute approximate surface area is 111 Å². The van der Waals surface area contributed by atoms with Crippen molar-refractivity contribution in [1.29, 1.82) is 0 Å². The highest BCUT2D eigenvalue weighted by Gasteiger charge is 2.15. The minimum absolute atomic E-state index is 0.00529. The SMILES string of the molecule is CCCCOC(=O)CCC(O)c1cc(F)ccc1F. The Balaban J connectivity index is 2.44. The zero-order chi connectivity index (χ0) is 14.3. The molecule has 3 nitrogen and oxygen atoms in total. The number of hydrogen-bond acceptors (Lipinski definition) is 3. The maximum Gasteiger partial charge on any atom is 0.305 e. The van der Waals surface area contributed by atoms with Crippen LogP contribution in [0.15, 0.2) is 18.2 Å². The molecule has 0 heterocycles. The molecule has 0 saturated carbocycles. The topological polar surface area (TPSA) is 46.5 Å². The minimum atomic E-state index is -1.21. The van der Waals surface area contributed by atoms with Crippen LogP contribution < -0.4 is 0 Å². The summed E-state index contributed by atoms with van der Waals surface area (Å²) in [4.78, 5) is 11.3. The molecule has 1 N–H and O–H groups in total. The van der Waals surface area contributed by atoms with Crippen LogP contribution in [-0.4, -0.2) is 17.7 Å². The van der Waals surface area contributed by atoms with Crippen LogP contribution in [0, 0.1) is 11.6 Å². The van der Waals surface area contributed by atoms with E-state index in [0.29, 0.717) is 6.61 Å². The third-order valence-electron chi connectivity index (χ3n) is 2.70. The molecule has 19 heavy (non-hydrogen) atoms. The van der Waals surface area contributed by atoms with Crippen molar-refractivity contribution >= 4 is 5.97 Å². The predicted octanol–water partition coefficient (Wildman–Crippen LogP) is 3.12. The van der Waals surface area contributed by atoms with Gasteiger partial charge in [-0.1, -0.05) is 13.3 Å². The average Bonchev–Trinajstić information content (AvgIpc) is 2.39. The maximum atomic E-state index is 13.4. The Morgan fingerprint density at radius 2 is 2.16 bits per heavy atom. The molecule has 1 aromatic carbocycles. The van der Waals surface area contributed by atoms with Crippen molar-refractivity contribution in [2.24, 2.45) is 0 Å². The summed E-state index contributed by atoms with van der Waals surface area (Å²) in [5.74, 6) is -1.75. The van der Waals surface area contributed by atoms with Crippen molar-refractivity contribution < 1.29 is 23.4 Å². The van der Waals surface area contributed by atoms with Gasteiger partial charge >= 0.3 is 5.97 Å². The van der Waals surface area contributed by atoms with Crippen LogP contribution in [0.1, 0.15) is 44.3 Å². The number of carbonyl (C=O) groups is 1. The van der Waals surface area contributed by atoms with Crippen LogP contribution >= 0.6 is 0 Å². The smallest absolute Gasteiger partial charge is 0.305 e. The molecule has 0 bridgehead atoms. The van der Waals surface area contributed by atoms with Gasteiger partial charge in [-0.3, -0.25) is 4.79 Å². The Morgan fingerprint density at radius 1 is 1.42 bits per heavy atom. The number of aliphatic hydroxyl groups is 1. The number of ether oxygens (including phenoxy) is 1. The number of rotatable bonds is 7. The summed E-state index contributed by atoms with van der Waals surface area (Å²) < 4.78 is 31.2. The lowest BCUT2D eigenvalue weighted by Crippen LogP contribution is -2.09. The molecule has 0 spiro atoms. The monoisotopic (exact) mass is 272 g/mol. The summed E-state index contributed by atoms with van der Waals surface area (Å²) in [5, 5.41) is 9.73. The molecule has 1 unspecified atom stereocenters. The molecular formula is C14H18F2O3. The van der Waals surface area contributed by atoms with E-state index < -0.39 is 23.7 Å². The molecule has 0 saturated heterocycles. The number of benzene rings is 1. The normalized spacial score (nSPS) is 12.2. The van der Waals surface area contributed by atoms with Gasteiger partial charge in [-0.25, -0.2) is 8.78 Å². The van der Waals surface area contributed by atoms with E-state index in [1.807, 2.05) is 6.92 Å². The van der Waals surface area contributed by atoms with Gasteiger partial charge in [0.05, 0.1) is 12.7 Å². The summed E-state index contributed by atoms with van der Waals surface area (Å²) in [5.41, 5.74) is -0.138. The lowest BCUT2D eigenvalue weighted by Gasteiger charge is -2.11. The first-order valence-electron chi connectivity index (χ1n) is 6.33. The molecule has 1 atom stereocenters. The van der Waals surface area contributed by atoms with E-state index in [0.717, 1.165) is 31.0 Å². The van der Waals surface area contributed by atoms with Gasteiger partial charge in [-0.05, 0) is 31.0 Å². The van der Waals surface area contributed by atoms with Crippen LogP contribution in [-0.2, 0) is 9.53 Å². The second kappa shape index (κ2) is 7.84. The first-order chi connectivity index (χ1) is 9.04. The van der Waals surface area contributed by atoms with Gasteiger partial charge in [0.25, 0.3) is 0 Å². The molecule has 0 fully saturated rings. The van der Waals surface area contributed by atoms with Crippen molar-refractivity contribution in [3.05, 3.63) is 35.4 Å². The van der Waals surface area contributed by atoms with Gasteiger partial charge in [0.1, 0.15) is 11.6 Å². The van der Waals surface area contributed by atoms with E-state index in [4.69, 9.17) is 4.74 Å². The molecule has 0 aromatic heterocycles. The van der Waals surface area contributed by atoms with Gasteiger partial charge in [-0.2, -0.15) is 0 Å². The van der Waals surface area contributed by atoms with E-state index in [1.165, 1.54) is 0 Å². The van der Waals surface area contributed by atoms with E-state index in [1.54, 1.807) is 0 Å². The molecular weight excluding hydrogens is 254 g/mol. The summed E-state index contributed by atoms with van der Waals surface area (Å²) in [6.07, 6.45) is 0.470. The molecule has 0 aliphatic heterocycles. The highest BCUT2D eigenvalue weighted by molar-refractivity contribution is 5.69. The quantitative estimate of drug-likeness (QED) is 0.612. The van der Waals surface area contributed by atoms with Gasteiger partial charge in [0.15, 0.2) is 0 Å². The van der Waals surface area contributed by atoms with Crippen LogP contribution in [0.3, 0.4) is 0 Å². The molecule has 0 radical (unpaired) electrons. The van der Waals surface area contributed by atoms with Gasteiger partial charge in [0.2, 0.25) is 0 Å². The number of aliphatic hydroxyl groups excluding tert-OH is 1. The van der Waals surface area contributed by atoms with Gasteiger partial charge < -0.3 is 9.84 Å². The largest absolute Gasteiger partial charge is 0.466 e. The van der Waals surface area contributed by atoms with E-state index in [2.05, 4.69) is 0 Å². The predicted molar refractivity (Wildman–Crippen MR) is 66.4 cm³/mol.